The molecular formula is C12H10N2O3S. The SMILES string of the molecule is O=C(O)c1ccc2nc(N3CCCC3=O)sc2c1. The number of thiazole rings is 1. The van der Waals surface area contributed by atoms with Gasteiger partial charge in [0.2, 0.25) is 5.91 Å². The molecule has 2 aromatic rings. The van der Waals surface area contributed by atoms with Crippen LogP contribution in [0.2, 0.25) is 0 Å². The van der Waals surface area contributed by atoms with E-state index in [2.05, 4.69) is 4.98 Å². The Bertz CT molecular complexity index is 650. The molecule has 92 valence electrons. The number of rotatable bonds is 2. The van der Waals surface area contributed by atoms with Crippen LogP contribution in [-0.4, -0.2) is 28.5 Å². The summed E-state index contributed by atoms with van der Waals surface area (Å²) in [5.74, 6) is -0.864. The first-order valence-electron chi connectivity index (χ1n) is 5.59. The number of aromatic carboxylic acids is 1. The number of hydrogen-bond acceptors (Lipinski definition) is 4. The summed E-state index contributed by atoms with van der Waals surface area (Å²) >= 11 is 1.36. The van der Waals surface area contributed by atoms with Crippen molar-refractivity contribution < 1.29 is 14.7 Å². The fraction of sp³-hybridized carbons (Fsp3) is 0.250. The molecule has 1 aromatic heterocycles. The molecule has 1 aliphatic rings. The monoisotopic (exact) mass is 262 g/mol. The summed E-state index contributed by atoms with van der Waals surface area (Å²) in [6, 6.07) is 4.80. The van der Waals surface area contributed by atoms with E-state index in [-0.39, 0.29) is 11.5 Å². The Kier molecular flexibility index (Phi) is 2.52. The molecule has 1 saturated heterocycles. The third kappa shape index (κ3) is 1.74. The fourth-order valence-electron chi connectivity index (χ4n) is 2.01. The molecule has 0 aliphatic carbocycles. The molecule has 1 amide bonds. The number of anilines is 1. The summed E-state index contributed by atoms with van der Waals surface area (Å²) in [5.41, 5.74) is 0.977. The summed E-state index contributed by atoms with van der Waals surface area (Å²) in [7, 11) is 0. The maximum atomic E-state index is 11.6. The predicted octanol–water partition coefficient (Wildman–Crippen LogP) is 2.12. The van der Waals surface area contributed by atoms with E-state index in [0.717, 1.165) is 16.6 Å². The van der Waals surface area contributed by atoms with E-state index >= 15 is 0 Å². The fourth-order valence-corrected chi connectivity index (χ4v) is 3.06. The highest BCUT2D eigenvalue weighted by atomic mass is 32.1. The van der Waals surface area contributed by atoms with Gasteiger partial charge in [-0.3, -0.25) is 9.69 Å². The second-order valence-electron chi connectivity index (χ2n) is 4.13. The summed E-state index contributed by atoms with van der Waals surface area (Å²) in [5, 5.41) is 9.59. The molecule has 5 nitrogen and oxygen atoms in total. The lowest BCUT2D eigenvalue weighted by atomic mass is 10.2. The van der Waals surface area contributed by atoms with Crippen LogP contribution < -0.4 is 4.90 Å². The van der Waals surface area contributed by atoms with Crippen LogP contribution >= 0.6 is 11.3 Å². The van der Waals surface area contributed by atoms with Gasteiger partial charge in [0.25, 0.3) is 0 Å². The molecule has 1 aromatic carbocycles. The van der Waals surface area contributed by atoms with Gasteiger partial charge in [-0.15, -0.1) is 0 Å². The number of fused-ring (bicyclic) bond motifs is 1. The summed E-state index contributed by atoms with van der Waals surface area (Å²) in [4.78, 5) is 28.6. The molecule has 0 bridgehead atoms. The highest BCUT2D eigenvalue weighted by molar-refractivity contribution is 7.22. The molecule has 0 spiro atoms. The Morgan fingerprint density at radius 2 is 2.28 bits per heavy atom. The third-order valence-corrected chi connectivity index (χ3v) is 3.97. The highest BCUT2D eigenvalue weighted by Crippen LogP contribution is 2.31. The number of aromatic nitrogens is 1. The van der Waals surface area contributed by atoms with Crippen molar-refractivity contribution in [2.45, 2.75) is 12.8 Å². The average molecular weight is 262 g/mol. The maximum Gasteiger partial charge on any atom is 0.335 e. The van der Waals surface area contributed by atoms with Crippen LogP contribution in [0.1, 0.15) is 23.2 Å². The largest absolute Gasteiger partial charge is 0.478 e. The van der Waals surface area contributed by atoms with E-state index in [0.29, 0.717) is 18.1 Å². The molecular weight excluding hydrogens is 252 g/mol. The lowest BCUT2D eigenvalue weighted by molar-refractivity contribution is -0.117. The van der Waals surface area contributed by atoms with E-state index in [1.807, 2.05) is 0 Å². The van der Waals surface area contributed by atoms with Gasteiger partial charge in [0.1, 0.15) is 0 Å². The Balaban J connectivity index is 2.05. The molecule has 1 aliphatic heterocycles. The van der Waals surface area contributed by atoms with Gasteiger partial charge in [-0.05, 0) is 24.6 Å². The lowest BCUT2D eigenvalue weighted by Gasteiger charge is -2.09. The zero-order valence-corrected chi connectivity index (χ0v) is 10.2. The first kappa shape index (κ1) is 11.2. The van der Waals surface area contributed by atoms with Crippen molar-refractivity contribution in [3.63, 3.8) is 0 Å². The second kappa shape index (κ2) is 4.06. The van der Waals surface area contributed by atoms with E-state index in [9.17, 15) is 9.59 Å². The first-order chi connectivity index (χ1) is 8.65. The van der Waals surface area contributed by atoms with Crippen molar-refractivity contribution in [3.05, 3.63) is 23.8 Å². The molecule has 0 atom stereocenters. The summed E-state index contributed by atoms with van der Waals surface area (Å²) in [6.07, 6.45) is 1.42. The summed E-state index contributed by atoms with van der Waals surface area (Å²) < 4.78 is 0.796. The maximum absolute atomic E-state index is 11.6. The zero-order valence-electron chi connectivity index (χ0n) is 9.42. The van der Waals surface area contributed by atoms with Crippen LogP contribution in [0.5, 0.6) is 0 Å². The van der Waals surface area contributed by atoms with Crippen LogP contribution in [0.25, 0.3) is 10.2 Å². The van der Waals surface area contributed by atoms with Gasteiger partial charge in [-0.2, -0.15) is 0 Å². The van der Waals surface area contributed by atoms with Crippen LogP contribution in [0, 0.1) is 0 Å². The molecule has 0 saturated carbocycles. The smallest absolute Gasteiger partial charge is 0.335 e. The highest BCUT2D eigenvalue weighted by Gasteiger charge is 2.24. The van der Waals surface area contributed by atoms with Crippen molar-refractivity contribution in [1.82, 2.24) is 4.98 Å². The predicted molar refractivity (Wildman–Crippen MR) is 68.2 cm³/mol. The van der Waals surface area contributed by atoms with Crippen molar-refractivity contribution >= 4 is 38.6 Å². The average Bonchev–Trinajstić information content (AvgIpc) is 2.92. The minimum absolute atomic E-state index is 0.0903. The first-order valence-corrected chi connectivity index (χ1v) is 6.41. The number of amides is 1. The van der Waals surface area contributed by atoms with Gasteiger partial charge in [0.05, 0.1) is 15.8 Å². The zero-order chi connectivity index (χ0) is 12.7. The van der Waals surface area contributed by atoms with Crippen molar-refractivity contribution in [1.29, 1.82) is 0 Å². The van der Waals surface area contributed by atoms with Gasteiger partial charge in [0.15, 0.2) is 5.13 Å². The second-order valence-corrected chi connectivity index (χ2v) is 5.14. The van der Waals surface area contributed by atoms with Gasteiger partial charge < -0.3 is 5.11 Å². The van der Waals surface area contributed by atoms with Gasteiger partial charge in [-0.1, -0.05) is 11.3 Å². The molecule has 1 N–H and O–H groups in total. The van der Waals surface area contributed by atoms with E-state index < -0.39 is 5.97 Å². The Hall–Kier alpha value is -1.95. The Morgan fingerprint density at radius 3 is 2.94 bits per heavy atom. The number of hydrogen-bond donors (Lipinski definition) is 1. The lowest BCUT2D eigenvalue weighted by Crippen LogP contribution is -2.23. The third-order valence-electron chi connectivity index (χ3n) is 2.93. The minimum atomic E-state index is -0.955. The Morgan fingerprint density at radius 1 is 1.44 bits per heavy atom. The van der Waals surface area contributed by atoms with Crippen molar-refractivity contribution in [3.8, 4) is 0 Å². The number of carboxylic acids is 1. The molecule has 0 radical (unpaired) electrons. The molecule has 3 rings (SSSR count). The standard InChI is InChI=1S/C12H10N2O3S/c15-10-2-1-5-14(10)12-13-8-4-3-7(11(16)17)6-9(8)18-12/h3-4,6H,1-2,5H2,(H,16,17). The van der Waals surface area contributed by atoms with Crippen LogP contribution in [0.3, 0.4) is 0 Å². The van der Waals surface area contributed by atoms with Gasteiger partial charge >= 0.3 is 5.97 Å². The molecule has 0 unspecified atom stereocenters. The Labute approximate surface area is 107 Å². The van der Waals surface area contributed by atoms with Gasteiger partial charge in [-0.25, -0.2) is 9.78 Å². The molecule has 6 heteroatoms. The number of carbonyl (C=O) groups is 2. The van der Waals surface area contributed by atoms with Crippen molar-refractivity contribution in [2.24, 2.45) is 0 Å². The van der Waals surface area contributed by atoms with Crippen molar-refractivity contribution in [2.75, 3.05) is 11.4 Å². The number of nitrogens with zero attached hydrogens (tertiary/aromatic N) is 2. The molecule has 1 fully saturated rings. The summed E-state index contributed by atoms with van der Waals surface area (Å²) in [6.45, 7) is 0.699. The minimum Gasteiger partial charge on any atom is -0.478 e. The van der Waals surface area contributed by atoms with Gasteiger partial charge in [0, 0.05) is 13.0 Å². The number of benzene rings is 1. The quantitative estimate of drug-likeness (QED) is 0.900. The number of carboxylic acid groups (broad SMARTS) is 1. The van der Waals surface area contributed by atoms with E-state index in [4.69, 9.17) is 5.11 Å². The van der Waals surface area contributed by atoms with E-state index in [1.54, 1.807) is 17.0 Å². The van der Waals surface area contributed by atoms with Crippen LogP contribution in [0.4, 0.5) is 5.13 Å². The molecule has 2 heterocycles. The molecule has 18 heavy (non-hydrogen) atoms. The van der Waals surface area contributed by atoms with E-state index in [1.165, 1.54) is 17.4 Å². The van der Waals surface area contributed by atoms with Crippen LogP contribution in [-0.2, 0) is 4.79 Å². The van der Waals surface area contributed by atoms with Crippen LogP contribution in [0.15, 0.2) is 18.2 Å². The number of carbonyl (C=O) groups excluding carboxylic acids is 1. The normalized spacial score (nSPS) is 15.6. The topological polar surface area (TPSA) is 70.5 Å².